The molecule has 0 aromatic rings. The van der Waals surface area contributed by atoms with Crippen LogP contribution in [0.2, 0.25) is 0 Å². The summed E-state index contributed by atoms with van der Waals surface area (Å²) in [6.07, 6.45) is 73.8. The number of hydrogen-bond donors (Lipinski definition) is 2. The van der Waals surface area contributed by atoms with Crippen molar-refractivity contribution in [3.05, 3.63) is 0 Å². The Labute approximate surface area is 669 Å². The molecule has 0 radical (unpaired) electrons. The van der Waals surface area contributed by atoms with E-state index < -0.39 is 0 Å². The highest BCUT2D eigenvalue weighted by Gasteiger charge is 2.21. The summed E-state index contributed by atoms with van der Waals surface area (Å²) >= 11 is 0. The Balaban J connectivity index is 5.54. The number of rotatable bonds is 87. The normalized spacial score (nSPS) is 12.2. The number of esters is 4. The lowest BCUT2D eigenvalue weighted by molar-refractivity contribution is -0.151. The molecule has 2 amide bonds. The Bertz CT molecular complexity index is 1810. The largest absolute Gasteiger partial charge is 0.466 e. The maximum atomic E-state index is 13.4. The summed E-state index contributed by atoms with van der Waals surface area (Å²) in [4.78, 5) is 83.5. The monoisotopic (exact) mass is 1530 g/mol. The average molecular weight is 1530 g/mol. The molecule has 0 aliphatic carbocycles. The van der Waals surface area contributed by atoms with Gasteiger partial charge in [-0.05, 0) is 156 Å². The summed E-state index contributed by atoms with van der Waals surface area (Å²) in [5.41, 5.74) is 0. The van der Waals surface area contributed by atoms with Crippen LogP contribution in [0, 0.1) is 0 Å². The molecule has 0 aromatic carbocycles. The van der Waals surface area contributed by atoms with Crippen LogP contribution in [0.15, 0.2) is 0 Å². The molecular weight excluding hydrogens is 1350 g/mol. The van der Waals surface area contributed by atoms with Crippen molar-refractivity contribution in [2.75, 3.05) is 52.5 Å². The van der Waals surface area contributed by atoms with Crippen LogP contribution in [-0.4, -0.2) is 122 Å². The highest BCUT2D eigenvalue weighted by Crippen LogP contribution is 2.23. The Kier molecular flexibility index (Phi) is 80.7. The first-order valence-electron chi connectivity index (χ1n) is 47.5. The van der Waals surface area contributed by atoms with Crippen molar-refractivity contribution in [3.63, 3.8) is 0 Å². The molecule has 14 nitrogen and oxygen atoms in total. The van der Waals surface area contributed by atoms with E-state index in [0.717, 1.165) is 206 Å². The molecule has 638 valence electrons. The van der Waals surface area contributed by atoms with Gasteiger partial charge >= 0.3 is 23.9 Å². The minimum Gasteiger partial charge on any atom is -0.466 e. The molecule has 0 saturated carbocycles. The Morgan fingerprint density at radius 1 is 0.241 bits per heavy atom. The van der Waals surface area contributed by atoms with Crippen molar-refractivity contribution in [1.29, 1.82) is 0 Å². The van der Waals surface area contributed by atoms with Gasteiger partial charge in [0.2, 0.25) is 11.8 Å². The highest BCUT2D eigenvalue weighted by atomic mass is 16.6. The quantitative estimate of drug-likeness (QED) is 0.0336. The van der Waals surface area contributed by atoms with E-state index in [1.807, 2.05) is 0 Å². The number of ether oxygens (including phenoxy) is 4. The standard InChI is InChI=1S/C94H182N4O10/c1-9-15-21-27-33-35-37-49-65-81-105-91(101)71-59-51-63-79-97(77-61-47-39-45-57-73-93(103)107-87(67-53-41-29-23-17-11-3)68-54-42-30-24-18-12-4)85(7)83-95-89(99)75-76-90(100)96-84-86(8)98(80-64-52-60-72-92(102)106-82-66-50-38-36-34-28-22-16-10-2)78-62-48-40-46-58-74-94(104)108-88(69-55-43-31-25-19-13-5)70-56-44-32-26-20-14-6/h85-88H,9-84H2,1-8H3,(H,95,99)(H,96,100). The predicted molar refractivity (Wildman–Crippen MR) is 458 cm³/mol. The molecule has 0 aromatic heterocycles. The summed E-state index contributed by atoms with van der Waals surface area (Å²) in [5.74, 6) is -0.485. The molecule has 0 aliphatic rings. The zero-order chi connectivity index (χ0) is 78.9. The number of amides is 2. The van der Waals surface area contributed by atoms with Crippen LogP contribution in [0.25, 0.3) is 0 Å². The van der Waals surface area contributed by atoms with E-state index in [0.29, 0.717) is 52.0 Å². The zero-order valence-corrected chi connectivity index (χ0v) is 73.0. The van der Waals surface area contributed by atoms with Gasteiger partial charge in [-0.1, -0.05) is 324 Å². The fourth-order valence-corrected chi connectivity index (χ4v) is 15.0. The number of carbonyl (C=O) groups excluding carboxylic acids is 6. The van der Waals surface area contributed by atoms with Gasteiger partial charge in [0.1, 0.15) is 12.2 Å². The van der Waals surface area contributed by atoms with Crippen molar-refractivity contribution >= 4 is 35.7 Å². The molecule has 0 spiro atoms. The van der Waals surface area contributed by atoms with Crippen molar-refractivity contribution in [2.45, 2.75) is 516 Å². The smallest absolute Gasteiger partial charge is 0.306 e. The first-order chi connectivity index (χ1) is 52.8. The van der Waals surface area contributed by atoms with Gasteiger partial charge in [0, 0.05) is 63.7 Å². The lowest BCUT2D eigenvalue weighted by Gasteiger charge is -2.30. The molecule has 2 unspecified atom stereocenters. The zero-order valence-electron chi connectivity index (χ0n) is 73.0. The van der Waals surface area contributed by atoms with E-state index in [1.54, 1.807) is 0 Å². The highest BCUT2D eigenvalue weighted by molar-refractivity contribution is 5.83. The first kappa shape index (κ1) is 105. The maximum absolute atomic E-state index is 13.4. The number of carbonyl (C=O) groups is 6. The number of hydrogen-bond acceptors (Lipinski definition) is 12. The topological polar surface area (TPSA) is 170 Å². The number of nitrogens with one attached hydrogen (secondary N) is 2. The third kappa shape index (κ3) is 74.2. The van der Waals surface area contributed by atoms with Crippen LogP contribution in [0.5, 0.6) is 0 Å². The predicted octanol–water partition coefficient (Wildman–Crippen LogP) is 26.2. The average Bonchev–Trinajstić information content (AvgIpc) is 0.936. The van der Waals surface area contributed by atoms with Crippen LogP contribution in [0.4, 0.5) is 0 Å². The van der Waals surface area contributed by atoms with E-state index >= 15 is 0 Å². The summed E-state index contributed by atoms with van der Waals surface area (Å²) in [5, 5.41) is 6.34. The van der Waals surface area contributed by atoms with Gasteiger partial charge in [-0.2, -0.15) is 0 Å². The second-order valence-corrected chi connectivity index (χ2v) is 33.1. The fraction of sp³-hybridized carbons (Fsp3) is 0.936. The lowest BCUT2D eigenvalue weighted by atomic mass is 10.0. The van der Waals surface area contributed by atoms with Crippen molar-refractivity contribution < 1.29 is 47.7 Å². The molecule has 0 saturated heterocycles. The Morgan fingerprint density at radius 3 is 0.704 bits per heavy atom. The van der Waals surface area contributed by atoms with E-state index in [4.69, 9.17) is 18.9 Å². The van der Waals surface area contributed by atoms with Crippen LogP contribution in [-0.2, 0) is 47.7 Å². The van der Waals surface area contributed by atoms with Gasteiger partial charge in [0.15, 0.2) is 0 Å². The fourth-order valence-electron chi connectivity index (χ4n) is 15.0. The number of unbranched alkanes of at least 4 members (excludes halogenated alkanes) is 48. The van der Waals surface area contributed by atoms with Crippen LogP contribution in [0.1, 0.15) is 492 Å². The molecule has 14 heteroatoms. The summed E-state index contributed by atoms with van der Waals surface area (Å²) in [6.45, 7) is 23.5. The SMILES string of the molecule is CCCCCCCCCCCOC(=O)CCCCCN(CCCCCCCC(=O)OC(CCCCCCCC)CCCCCCCC)C(C)CNC(=O)CCC(=O)NCC(C)N(CCCCCCCC(=O)OC(CCCCCCCC)CCCCCCCC)CCCCCC(=O)OCCCCCCCCCCC. The third-order valence-electron chi connectivity index (χ3n) is 22.5. The first-order valence-corrected chi connectivity index (χ1v) is 47.5. The van der Waals surface area contributed by atoms with Gasteiger partial charge in [-0.25, -0.2) is 0 Å². The molecular formula is C94H182N4O10. The van der Waals surface area contributed by atoms with E-state index in [2.05, 4.69) is 75.8 Å². The summed E-state index contributed by atoms with van der Waals surface area (Å²) < 4.78 is 23.5. The molecule has 108 heavy (non-hydrogen) atoms. The molecule has 2 atom stereocenters. The molecule has 0 rings (SSSR count). The second kappa shape index (κ2) is 83.2. The number of nitrogens with zero attached hydrogens (tertiary/aromatic N) is 2. The summed E-state index contributed by atoms with van der Waals surface area (Å²) in [6, 6.07) is 0.186. The second-order valence-electron chi connectivity index (χ2n) is 33.1. The van der Waals surface area contributed by atoms with Gasteiger partial charge < -0.3 is 29.6 Å². The summed E-state index contributed by atoms with van der Waals surface area (Å²) in [7, 11) is 0. The van der Waals surface area contributed by atoms with Gasteiger partial charge in [0.25, 0.3) is 0 Å². The molecule has 0 fully saturated rings. The molecule has 0 heterocycles. The molecule has 0 bridgehead atoms. The van der Waals surface area contributed by atoms with Crippen LogP contribution in [0.3, 0.4) is 0 Å². The van der Waals surface area contributed by atoms with Gasteiger partial charge in [-0.3, -0.25) is 38.6 Å². The van der Waals surface area contributed by atoms with E-state index in [-0.39, 0.29) is 72.8 Å². The molecule has 0 aliphatic heterocycles. The Morgan fingerprint density at radius 2 is 0.444 bits per heavy atom. The molecule has 2 N–H and O–H groups in total. The minimum absolute atomic E-state index is 0.0278. The van der Waals surface area contributed by atoms with Crippen LogP contribution >= 0.6 is 0 Å². The van der Waals surface area contributed by atoms with E-state index in [1.165, 1.54) is 218 Å². The van der Waals surface area contributed by atoms with Gasteiger partial charge in [-0.15, -0.1) is 0 Å². The van der Waals surface area contributed by atoms with Crippen molar-refractivity contribution in [2.24, 2.45) is 0 Å². The van der Waals surface area contributed by atoms with E-state index in [9.17, 15) is 28.8 Å². The van der Waals surface area contributed by atoms with Crippen LogP contribution < -0.4 is 10.6 Å². The maximum Gasteiger partial charge on any atom is 0.306 e. The Hall–Kier alpha value is -3.26. The van der Waals surface area contributed by atoms with Crippen molar-refractivity contribution in [3.8, 4) is 0 Å². The van der Waals surface area contributed by atoms with Gasteiger partial charge in [0.05, 0.1) is 13.2 Å². The lowest BCUT2D eigenvalue weighted by Crippen LogP contribution is -2.44. The minimum atomic E-state index is -0.123. The third-order valence-corrected chi connectivity index (χ3v) is 22.5. The van der Waals surface area contributed by atoms with Crippen molar-refractivity contribution in [1.82, 2.24) is 20.4 Å².